The summed E-state index contributed by atoms with van der Waals surface area (Å²) in [6.45, 7) is 0. The predicted octanol–water partition coefficient (Wildman–Crippen LogP) is 1.96. The van der Waals surface area contributed by atoms with Crippen LogP contribution in [0.1, 0.15) is 0 Å². The number of thioether (sulfide) groups is 1. The van der Waals surface area contributed by atoms with Crippen LogP contribution >= 0.6 is 23.1 Å². The van der Waals surface area contributed by atoms with Gasteiger partial charge in [-0.25, -0.2) is 9.97 Å². The van der Waals surface area contributed by atoms with Crippen molar-refractivity contribution >= 4 is 39.3 Å². The fourth-order valence-electron chi connectivity index (χ4n) is 0.993. The first-order valence-electron chi connectivity index (χ1n) is 4.19. The molecule has 0 aromatic carbocycles. The minimum atomic E-state index is -0.269. The van der Waals surface area contributed by atoms with Gasteiger partial charge in [-0.05, 0) is 11.4 Å². The zero-order valence-electron chi connectivity index (χ0n) is 7.97. The van der Waals surface area contributed by atoms with E-state index in [1.54, 1.807) is 17.5 Å². The molecule has 2 aromatic rings. The van der Waals surface area contributed by atoms with Gasteiger partial charge in [0.15, 0.2) is 5.16 Å². The molecule has 0 bridgehead atoms. The van der Waals surface area contributed by atoms with Crippen LogP contribution in [0.15, 0.2) is 22.8 Å². The van der Waals surface area contributed by atoms with E-state index in [9.17, 15) is 4.79 Å². The van der Waals surface area contributed by atoms with Gasteiger partial charge in [0.1, 0.15) is 4.83 Å². The fraction of sp³-hybridized carbons (Fsp3) is 0.222. The van der Waals surface area contributed by atoms with Crippen LogP contribution in [0.2, 0.25) is 0 Å². The summed E-state index contributed by atoms with van der Waals surface area (Å²) in [5.74, 6) is -0.0252. The largest absolute Gasteiger partial charge is 0.468 e. The molecule has 0 saturated carbocycles. The Bertz CT molecular complexity index is 484. The van der Waals surface area contributed by atoms with Crippen LogP contribution in [0, 0.1) is 0 Å². The van der Waals surface area contributed by atoms with E-state index in [-0.39, 0.29) is 11.7 Å². The Morgan fingerprint density at radius 2 is 2.53 bits per heavy atom. The number of hydrogen-bond donors (Lipinski definition) is 0. The first kappa shape index (κ1) is 10.4. The van der Waals surface area contributed by atoms with Gasteiger partial charge in [0, 0.05) is 11.6 Å². The first-order chi connectivity index (χ1) is 7.29. The molecule has 0 aliphatic rings. The van der Waals surface area contributed by atoms with Crippen LogP contribution in [0.5, 0.6) is 0 Å². The number of methoxy groups -OCH3 is 1. The molecule has 0 saturated heterocycles. The fourth-order valence-corrected chi connectivity index (χ4v) is 2.44. The van der Waals surface area contributed by atoms with Gasteiger partial charge in [0.2, 0.25) is 0 Å². The summed E-state index contributed by atoms with van der Waals surface area (Å²) in [4.78, 5) is 20.3. The summed E-state index contributed by atoms with van der Waals surface area (Å²) < 4.78 is 4.53. The second kappa shape index (κ2) is 4.59. The average Bonchev–Trinajstić information content (AvgIpc) is 2.72. The van der Waals surface area contributed by atoms with Crippen molar-refractivity contribution in [1.29, 1.82) is 0 Å². The summed E-state index contributed by atoms with van der Waals surface area (Å²) in [7, 11) is 1.37. The van der Waals surface area contributed by atoms with Gasteiger partial charge >= 0.3 is 5.97 Å². The molecule has 2 aromatic heterocycles. The summed E-state index contributed by atoms with van der Waals surface area (Å²) in [6.07, 6.45) is 1.76. The lowest BCUT2D eigenvalue weighted by atomic mass is 10.4. The second-order valence-corrected chi connectivity index (χ2v) is 4.54. The molecule has 2 heterocycles. The molecule has 0 unspecified atom stereocenters. The van der Waals surface area contributed by atoms with E-state index >= 15 is 0 Å². The van der Waals surface area contributed by atoms with Gasteiger partial charge in [0.05, 0.1) is 12.9 Å². The molecule has 4 nitrogen and oxygen atoms in total. The highest BCUT2D eigenvalue weighted by molar-refractivity contribution is 7.99. The highest BCUT2D eigenvalue weighted by Crippen LogP contribution is 2.21. The zero-order valence-corrected chi connectivity index (χ0v) is 9.60. The maximum absolute atomic E-state index is 10.9. The second-order valence-electron chi connectivity index (χ2n) is 2.70. The predicted molar refractivity (Wildman–Crippen MR) is 60.2 cm³/mol. The number of carbonyl (C=O) groups excluding carboxylic acids is 1. The van der Waals surface area contributed by atoms with E-state index in [0.29, 0.717) is 5.16 Å². The molecule has 15 heavy (non-hydrogen) atoms. The Labute approximate surface area is 94.7 Å². The third kappa shape index (κ3) is 2.45. The summed E-state index contributed by atoms with van der Waals surface area (Å²) >= 11 is 2.84. The lowest BCUT2D eigenvalue weighted by Crippen LogP contribution is -2.03. The number of esters is 1. The Balaban J connectivity index is 2.11. The van der Waals surface area contributed by atoms with E-state index < -0.39 is 0 Å². The first-order valence-corrected chi connectivity index (χ1v) is 6.06. The van der Waals surface area contributed by atoms with Crippen molar-refractivity contribution in [3.63, 3.8) is 0 Å². The smallest absolute Gasteiger partial charge is 0.316 e. The minimum Gasteiger partial charge on any atom is -0.468 e. The number of hydrogen-bond acceptors (Lipinski definition) is 6. The van der Waals surface area contributed by atoms with Gasteiger partial charge in [-0.15, -0.1) is 11.3 Å². The number of fused-ring (bicyclic) bond motifs is 1. The monoisotopic (exact) mass is 240 g/mol. The van der Waals surface area contributed by atoms with Gasteiger partial charge < -0.3 is 4.74 Å². The summed E-state index contributed by atoms with van der Waals surface area (Å²) in [5.41, 5.74) is 0. The normalized spacial score (nSPS) is 10.5. The van der Waals surface area contributed by atoms with Crippen LogP contribution in [0.25, 0.3) is 10.2 Å². The van der Waals surface area contributed by atoms with Crippen LogP contribution in [0.3, 0.4) is 0 Å². The van der Waals surface area contributed by atoms with Crippen molar-refractivity contribution < 1.29 is 9.53 Å². The molecular weight excluding hydrogens is 232 g/mol. The average molecular weight is 240 g/mol. The van der Waals surface area contributed by atoms with Crippen molar-refractivity contribution in [2.24, 2.45) is 0 Å². The zero-order chi connectivity index (χ0) is 10.7. The molecule has 78 valence electrons. The van der Waals surface area contributed by atoms with Crippen LogP contribution in [-0.2, 0) is 9.53 Å². The van der Waals surface area contributed by atoms with Crippen molar-refractivity contribution in [2.75, 3.05) is 12.9 Å². The van der Waals surface area contributed by atoms with Crippen molar-refractivity contribution in [3.8, 4) is 0 Å². The molecule has 6 heteroatoms. The molecule has 0 amide bonds. The van der Waals surface area contributed by atoms with Crippen LogP contribution in [-0.4, -0.2) is 28.8 Å². The Morgan fingerprint density at radius 1 is 1.67 bits per heavy atom. The molecule has 0 fully saturated rings. The third-order valence-corrected chi connectivity index (χ3v) is 3.39. The quantitative estimate of drug-likeness (QED) is 0.466. The maximum atomic E-state index is 10.9. The third-order valence-electron chi connectivity index (χ3n) is 1.73. The van der Waals surface area contributed by atoms with E-state index in [0.717, 1.165) is 10.2 Å². The van der Waals surface area contributed by atoms with E-state index in [1.165, 1.54) is 18.9 Å². The molecule has 0 aliphatic carbocycles. The van der Waals surface area contributed by atoms with E-state index in [4.69, 9.17) is 0 Å². The van der Waals surface area contributed by atoms with Gasteiger partial charge in [0.25, 0.3) is 0 Å². The topological polar surface area (TPSA) is 52.1 Å². The molecule has 0 spiro atoms. The highest BCUT2D eigenvalue weighted by atomic mass is 32.2. The molecule has 0 N–H and O–H groups in total. The van der Waals surface area contributed by atoms with Crippen LogP contribution < -0.4 is 0 Å². The number of aromatic nitrogens is 2. The van der Waals surface area contributed by atoms with E-state index in [2.05, 4.69) is 14.7 Å². The number of carbonyl (C=O) groups is 1. The Hall–Kier alpha value is -1.14. The maximum Gasteiger partial charge on any atom is 0.316 e. The van der Waals surface area contributed by atoms with Crippen molar-refractivity contribution in [3.05, 3.63) is 17.6 Å². The lowest BCUT2D eigenvalue weighted by Gasteiger charge is -1.98. The Morgan fingerprint density at radius 3 is 3.33 bits per heavy atom. The number of ether oxygens (including phenoxy) is 1. The highest BCUT2D eigenvalue weighted by Gasteiger charge is 2.05. The van der Waals surface area contributed by atoms with Crippen molar-refractivity contribution in [2.45, 2.75) is 5.16 Å². The summed E-state index contributed by atoms with van der Waals surface area (Å²) in [5, 5.41) is 3.60. The van der Waals surface area contributed by atoms with E-state index in [1.807, 2.05) is 11.4 Å². The minimum absolute atomic E-state index is 0.243. The van der Waals surface area contributed by atoms with Gasteiger partial charge in [-0.1, -0.05) is 11.8 Å². The van der Waals surface area contributed by atoms with Crippen molar-refractivity contribution in [1.82, 2.24) is 9.97 Å². The number of rotatable bonds is 3. The molecular formula is C9H8N2O2S2. The number of nitrogens with zero attached hydrogens (tertiary/aromatic N) is 2. The Kier molecular flexibility index (Phi) is 3.17. The standard InChI is InChI=1S/C9H8N2O2S2/c1-13-7(12)5-15-9-10-4-6-2-3-14-8(6)11-9/h2-4H,5H2,1H3. The van der Waals surface area contributed by atoms with Gasteiger partial charge in [-0.3, -0.25) is 4.79 Å². The number of thiophene rings is 1. The SMILES string of the molecule is COC(=O)CSc1ncc2ccsc2n1. The molecule has 0 radical (unpaired) electrons. The molecule has 0 aliphatic heterocycles. The van der Waals surface area contributed by atoms with Gasteiger partial charge in [-0.2, -0.15) is 0 Å². The summed E-state index contributed by atoms with van der Waals surface area (Å²) in [6, 6.07) is 1.97. The lowest BCUT2D eigenvalue weighted by molar-refractivity contribution is -0.137. The van der Waals surface area contributed by atoms with Crippen LogP contribution in [0.4, 0.5) is 0 Å². The molecule has 2 rings (SSSR count). The molecule has 0 atom stereocenters.